The first kappa shape index (κ1) is 16.7. The van der Waals surface area contributed by atoms with E-state index in [4.69, 9.17) is 9.47 Å². The average Bonchev–Trinajstić information content (AvgIpc) is 3.09. The maximum Gasteiger partial charge on any atom is 0.416 e. The van der Waals surface area contributed by atoms with Crippen LogP contribution in [-0.2, 0) is 22.1 Å². The van der Waals surface area contributed by atoms with E-state index in [1.54, 1.807) is 24.3 Å². The lowest BCUT2D eigenvalue weighted by Crippen LogP contribution is -2.08. The third-order valence-corrected chi connectivity index (χ3v) is 3.75. The SMILES string of the molecule is O=C(Cc1cccc(C(F)(F)F)c1)c1ccc(C2OCCO2)cc1. The first-order valence-corrected chi connectivity index (χ1v) is 7.46. The number of hydrogen-bond donors (Lipinski definition) is 0. The number of ether oxygens (including phenoxy) is 2. The summed E-state index contributed by atoms with van der Waals surface area (Å²) in [6, 6.07) is 11.6. The summed E-state index contributed by atoms with van der Waals surface area (Å²) in [4.78, 5) is 12.3. The van der Waals surface area contributed by atoms with Gasteiger partial charge in [0.25, 0.3) is 0 Å². The summed E-state index contributed by atoms with van der Waals surface area (Å²) in [6.45, 7) is 1.06. The Kier molecular flexibility index (Phi) is 4.69. The monoisotopic (exact) mass is 336 g/mol. The van der Waals surface area contributed by atoms with E-state index < -0.39 is 18.0 Å². The Morgan fingerprint density at radius 1 is 1.04 bits per heavy atom. The van der Waals surface area contributed by atoms with E-state index in [1.165, 1.54) is 12.1 Å². The number of Topliss-reactive ketones (excluding diaryl/α,β-unsaturated/α-hetero) is 1. The van der Waals surface area contributed by atoms with Crippen LogP contribution in [0.25, 0.3) is 0 Å². The second kappa shape index (κ2) is 6.75. The molecule has 0 unspecified atom stereocenters. The highest BCUT2D eigenvalue weighted by molar-refractivity contribution is 5.97. The summed E-state index contributed by atoms with van der Waals surface area (Å²) >= 11 is 0. The van der Waals surface area contributed by atoms with Gasteiger partial charge >= 0.3 is 6.18 Å². The van der Waals surface area contributed by atoms with E-state index in [0.717, 1.165) is 17.7 Å². The molecule has 0 saturated carbocycles. The van der Waals surface area contributed by atoms with Crippen LogP contribution in [0, 0.1) is 0 Å². The summed E-state index contributed by atoms with van der Waals surface area (Å²) in [6.07, 6.45) is -4.92. The van der Waals surface area contributed by atoms with Crippen molar-refractivity contribution in [2.75, 3.05) is 13.2 Å². The van der Waals surface area contributed by atoms with E-state index >= 15 is 0 Å². The maximum absolute atomic E-state index is 12.7. The fourth-order valence-electron chi connectivity index (χ4n) is 2.52. The highest BCUT2D eigenvalue weighted by atomic mass is 19.4. The second-order valence-corrected chi connectivity index (χ2v) is 5.49. The van der Waals surface area contributed by atoms with Crippen LogP contribution in [0.2, 0.25) is 0 Å². The number of carbonyl (C=O) groups excluding carboxylic acids is 1. The van der Waals surface area contributed by atoms with Crippen LogP contribution in [0.3, 0.4) is 0 Å². The van der Waals surface area contributed by atoms with Gasteiger partial charge in [0.1, 0.15) is 0 Å². The van der Waals surface area contributed by atoms with Gasteiger partial charge in [-0.3, -0.25) is 4.79 Å². The largest absolute Gasteiger partial charge is 0.416 e. The topological polar surface area (TPSA) is 35.5 Å². The van der Waals surface area contributed by atoms with Crippen molar-refractivity contribution in [1.82, 2.24) is 0 Å². The Morgan fingerprint density at radius 3 is 2.33 bits per heavy atom. The molecule has 2 aromatic carbocycles. The molecule has 0 atom stereocenters. The molecule has 0 spiro atoms. The normalized spacial score (nSPS) is 15.6. The second-order valence-electron chi connectivity index (χ2n) is 5.49. The molecule has 0 N–H and O–H groups in total. The Bertz CT molecular complexity index is 717. The minimum atomic E-state index is -4.41. The molecule has 0 aromatic heterocycles. The third kappa shape index (κ3) is 3.83. The van der Waals surface area contributed by atoms with Gasteiger partial charge in [-0.15, -0.1) is 0 Å². The lowest BCUT2D eigenvalue weighted by atomic mass is 10.0. The highest BCUT2D eigenvalue weighted by Gasteiger charge is 2.30. The Labute approximate surface area is 137 Å². The average molecular weight is 336 g/mol. The lowest BCUT2D eigenvalue weighted by Gasteiger charge is -2.10. The van der Waals surface area contributed by atoms with Crippen molar-refractivity contribution >= 4 is 5.78 Å². The zero-order valence-corrected chi connectivity index (χ0v) is 12.7. The fourth-order valence-corrected chi connectivity index (χ4v) is 2.52. The predicted molar refractivity (Wildman–Crippen MR) is 80.6 cm³/mol. The van der Waals surface area contributed by atoms with Crippen LogP contribution in [-0.4, -0.2) is 19.0 Å². The number of alkyl halides is 3. The Hall–Kier alpha value is -2.18. The molecule has 3 nitrogen and oxygen atoms in total. The zero-order chi connectivity index (χ0) is 17.2. The summed E-state index contributed by atoms with van der Waals surface area (Å²) in [5, 5.41) is 0. The molecule has 1 aliphatic heterocycles. The minimum Gasteiger partial charge on any atom is -0.346 e. The molecule has 1 heterocycles. The van der Waals surface area contributed by atoms with Crippen LogP contribution in [0.15, 0.2) is 48.5 Å². The van der Waals surface area contributed by atoms with Crippen molar-refractivity contribution in [2.45, 2.75) is 18.9 Å². The molecule has 24 heavy (non-hydrogen) atoms. The summed E-state index contributed by atoms with van der Waals surface area (Å²) in [5.41, 5.74) is 0.831. The number of ketones is 1. The molecule has 0 radical (unpaired) electrons. The Balaban J connectivity index is 1.70. The van der Waals surface area contributed by atoms with Crippen LogP contribution in [0.4, 0.5) is 13.2 Å². The number of halogens is 3. The van der Waals surface area contributed by atoms with Gasteiger partial charge in [0.2, 0.25) is 0 Å². The fraction of sp³-hybridized carbons (Fsp3) is 0.278. The summed E-state index contributed by atoms with van der Waals surface area (Å²) in [7, 11) is 0. The first-order chi connectivity index (χ1) is 11.4. The standard InChI is InChI=1S/C18H15F3O3/c19-18(20,21)15-3-1-2-12(10-15)11-16(22)13-4-6-14(7-5-13)17-23-8-9-24-17/h1-7,10,17H,8-9,11H2. The lowest BCUT2D eigenvalue weighted by molar-refractivity contribution is -0.137. The van der Waals surface area contributed by atoms with Gasteiger partial charge in [0.15, 0.2) is 12.1 Å². The highest BCUT2D eigenvalue weighted by Crippen LogP contribution is 2.30. The van der Waals surface area contributed by atoms with E-state index in [-0.39, 0.29) is 12.2 Å². The molecule has 2 aromatic rings. The molecule has 0 bridgehead atoms. The molecular weight excluding hydrogens is 321 g/mol. The molecule has 0 amide bonds. The van der Waals surface area contributed by atoms with E-state index in [9.17, 15) is 18.0 Å². The van der Waals surface area contributed by atoms with Crippen LogP contribution in [0.1, 0.15) is 33.3 Å². The number of hydrogen-bond acceptors (Lipinski definition) is 3. The van der Waals surface area contributed by atoms with E-state index in [1.807, 2.05) is 0 Å². The molecular formula is C18H15F3O3. The van der Waals surface area contributed by atoms with E-state index in [2.05, 4.69) is 0 Å². The zero-order valence-electron chi connectivity index (χ0n) is 12.7. The Morgan fingerprint density at radius 2 is 1.71 bits per heavy atom. The van der Waals surface area contributed by atoms with Crippen molar-refractivity contribution in [3.63, 3.8) is 0 Å². The predicted octanol–water partition coefficient (Wildman–Crippen LogP) is 4.18. The van der Waals surface area contributed by atoms with Crippen molar-refractivity contribution in [3.05, 3.63) is 70.8 Å². The van der Waals surface area contributed by atoms with Gasteiger partial charge in [0.05, 0.1) is 18.8 Å². The van der Waals surface area contributed by atoms with Crippen LogP contribution < -0.4 is 0 Å². The molecule has 1 fully saturated rings. The van der Waals surface area contributed by atoms with Crippen molar-refractivity contribution in [2.24, 2.45) is 0 Å². The smallest absolute Gasteiger partial charge is 0.346 e. The van der Waals surface area contributed by atoms with Gasteiger partial charge < -0.3 is 9.47 Å². The van der Waals surface area contributed by atoms with Gasteiger partial charge in [0, 0.05) is 17.5 Å². The van der Waals surface area contributed by atoms with Gasteiger partial charge in [-0.2, -0.15) is 13.2 Å². The molecule has 0 aliphatic carbocycles. The minimum absolute atomic E-state index is 0.0836. The molecule has 6 heteroatoms. The number of benzene rings is 2. The summed E-state index contributed by atoms with van der Waals surface area (Å²) < 4.78 is 48.9. The van der Waals surface area contributed by atoms with Gasteiger partial charge in [-0.1, -0.05) is 42.5 Å². The van der Waals surface area contributed by atoms with Crippen molar-refractivity contribution in [1.29, 1.82) is 0 Å². The van der Waals surface area contributed by atoms with Crippen molar-refractivity contribution in [3.8, 4) is 0 Å². The first-order valence-electron chi connectivity index (χ1n) is 7.46. The molecule has 126 valence electrons. The summed E-state index contributed by atoms with van der Waals surface area (Å²) in [5.74, 6) is -0.242. The van der Waals surface area contributed by atoms with Crippen LogP contribution >= 0.6 is 0 Å². The number of carbonyl (C=O) groups is 1. The third-order valence-electron chi connectivity index (χ3n) is 3.75. The van der Waals surface area contributed by atoms with Crippen molar-refractivity contribution < 1.29 is 27.4 Å². The molecule has 1 saturated heterocycles. The molecule has 1 aliphatic rings. The quantitative estimate of drug-likeness (QED) is 0.786. The molecule has 3 rings (SSSR count). The van der Waals surface area contributed by atoms with Gasteiger partial charge in [-0.05, 0) is 11.6 Å². The number of rotatable bonds is 4. The van der Waals surface area contributed by atoms with Crippen LogP contribution in [0.5, 0.6) is 0 Å². The maximum atomic E-state index is 12.7. The van der Waals surface area contributed by atoms with Gasteiger partial charge in [-0.25, -0.2) is 0 Å². The van der Waals surface area contributed by atoms with E-state index in [0.29, 0.717) is 24.3 Å².